The van der Waals surface area contributed by atoms with E-state index in [-0.39, 0.29) is 5.97 Å². The van der Waals surface area contributed by atoms with Gasteiger partial charge in [-0.25, -0.2) is 0 Å². The minimum Gasteiger partial charge on any atom is -0.494 e. The van der Waals surface area contributed by atoms with Crippen LogP contribution >= 0.6 is 0 Å². The molecule has 0 saturated heterocycles. The third-order valence-electron chi connectivity index (χ3n) is 10.0. The number of ether oxygens (including phenoxy) is 5. The van der Waals surface area contributed by atoms with Crippen LogP contribution in [-0.4, -0.2) is 26.3 Å². The maximum atomic E-state index is 11.8. The summed E-state index contributed by atoms with van der Waals surface area (Å²) in [6.45, 7) is 6.84. The van der Waals surface area contributed by atoms with Crippen LogP contribution in [0, 0.1) is 0 Å². The highest BCUT2D eigenvalue weighted by Gasteiger charge is 2.11. The van der Waals surface area contributed by atoms with Crippen molar-refractivity contribution >= 4 is 5.97 Å². The van der Waals surface area contributed by atoms with E-state index >= 15 is 0 Å². The van der Waals surface area contributed by atoms with E-state index < -0.39 is 0 Å². The number of carbonyl (C=O) groups excluding carboxylic acids is 1. The molecule has 3 aromatic carbocycles. The van der Waals surface area contributed by atoms with Crippen molar-refractivity contribution in [2.45, 2.75) is 168 Å². The minimum atomic E-state index is -0.232. The zero-order valence-corrected chi connectivity index (χ0v) is 34.2. The summed E-state index contributed by atoms with van der Waals surface area (Å²) < 4.78 is 29.5. The molecule has 300 valence electrons. The quantitative estimate of drug-likeness (QED) is 0.0457. The maximum Gasteiger partial charge on any atom is 0.305 e. The monoisotopic (exact) mass is 745 g/mol. The molecule has 0 N–H and O–H groups in total. The van der Waals surface area contributed by atoms with Gasteiger partial charge in [-0.1, -0.05) is 160 Å². The van der Waals surface area contributed by atoms with Crippen LogP contribution in [0.3, 0.4) is 0 Å². The Morgan fingerprint density at radius 1 is 0.444 bits per heavy atom. The standard InChI is InChI=1S/C48H72O6/c1-4-6-8-10-12-14-16-18-20-22-36-51-44-30-24-42(25-31-44)39-53-46-34-28-41(29-35-48(49)50-3)38-47(46)54-40-43-26-32-45(33-27-43)52-37-23-21-19-17-15-13-11-9-7-5-2/h24-28,30-34,38H,4-23,29,35-37,39-40H2,1-3H3. The lowest BCUT2D eigenvalue weighted by Gasteiger charge is -2.15. The normalized spacial score (nSPS) is 11.0. The molecule has 0 amide bonds. The fourth-order valence-electron chi connectivity index (χ4n) is 6.53. The van der Waals surface area contributed by atoms with E-state index in [1.165, 1.54) is 123 Å². The molecule has 0 heterocycles. The fourth-order valence-corrected chi connectivity index (χ4v) is 6.53. The van der Waals surface area contributed by atoms with Crippen LogP contribution in [0.4, 0.5) is 0 Å². The summed E-state index contributed by atoms with van der Waals surface area (Å²) in [5.41, 5.74) is 3.08. The van der Waals surface area contributed by atoms with Crippen LogP contribution in [0.1, 0.15) is 165 Å². The third kappa shape index (κ3) is 20.7. The molecule has 0 spiro atoms. The average molecular weight is 745 g/mol. The van der Waals surface area contributed by atoms with Crippen LogP contribution in [0.5, 0.6) is 23.0 Å². The van der Waals surface area contributed by atoms with E-state index in [9.17, 15) is 4.79 Å². The first-order valence-electron chi connectivity index (χ1n) is 21.5. The molecule has 0 radical (unpaired) electrons. The summed E-state index contributed by atoms with van der Waals surface area (Å²) in [5.74, 6) is 2.86. The van der Waals surface area contributed by atoms with E-state index in [1.807, 2.05) is 42.5 Å². The highest BCUT2D eigenvalue weighted by molar-refractivity contribution is 5.69. The van der Waals surface area contributed by atoms with Crippen LogP contribution < -0.4 is 18.9 Å². The topological polar surface area (TPSA) is 63.2 Å². The molecule has 0 unspecified atom stereocenters. The molecule has 0 bridgehead atoms. The number of benzene rings is 3. The van der Waals surface area contributed by atoms with Crippen LogP contribution in [0.25, 0.3) is 0 Å². The van der Waals surface area contributed by atoms with Gasteiger partial charge in [0.05, 0.1) is 20.3 Å². The van der Waals surface area contributed by atoms with Crippen molar-refractivity contribution in [1.82, 2.24) is 0 Å². The molecule has 6 heteroatoms. The van der Waals surface area contributed by atoms with Gasteiger partial charge in [0.15, 0.2) is 11.5 Å². The first-order valence-corrected chi connectivity index (χ1v) is 21.5. The molecule has 3 rings (SSSR count). The highest BCUT2D eigenvalue weighted by Crippen LogP contribution is 2.31. The lowest BCUT2D eigenvalue weighted by molar-refractivity contribution is -0.140. The molecule has 6 nitrogen and oxygen atoms in total. The second kappa shape index (κ2) is 29.7. The Labute approximate surface area is 328 Å². The Bertz CT molecular complexity index is 1350. The van der Waals surface area contributed by atoms with Gasteiger partial charge in [-0.2, -0.15) is 0 Å². The molecule has 0 aliphatic rings. The maximum absolute atomic E-state index is 11.8. The van der Waals surface area contributed by atoms with Gasteiger partial charge in [-0.05, 0) is 72.4 Å². The van der Waals surface area contributed by atoms with E-state index in [2.05, 4.69) is 38.1 Å². The number of carbonyl (C=O) groups is 1. The van der Waals surface area contributed by atoms with Gasteiger partial charge in [-0.15, -0.1) is 0 Å². The predicted octanol–water partition coefficient (Wildman–Crippen LogP) is 13.5. The summed E-state index contributed by atoms with van der Waals surface area (Å²) in [5, 5.41) is 0. The van der Waals surface area contributed by atoms with Crippen molar-refractivity contribution < 1.29 is 28.5 Å². The van der Waals surface area contributed by atoms with Gasteiger partial charge in [-0.3, -0.25) is 4.79 Å². The number of esters is 1. The Balaban J connectivity index is 1.40. The molecule has 0 saturated carbocycles. The SMILES string of the molecule is CCCCCCCCCCCCOc1ccc(COc2ccc(CCC(=O)OC)cc2OCc2ccc(OCCCCCCCCCCCC)cc2)cc1. The van der Waals surface area contributed by atoms with Crippen molar-refractivity contribution in [2.75, 3.05) is 20.3 Å². The van der Waals surface area contributed by atoms with Crippen LogP contribution in [-0.2, 0) is 29.2 Å². The van der Waals surface area contributed by atoms with Crippen molar-refractivity contribution in [2.24, 2.45) is 0 Å². The minimum absolute atomic E-state index is 0.232. The van der Waals surface area contributed by atoms with Crippen LogP contribution in [0.2, 0.25) is 0 Å². The zero-order chi connectivity index (χ0) is 38.3. The van der Waals surface area contributed by atoms with Gasteiger partial charge < -0.3 is 23.7 Å². The average Bonchev–Trinajstić information content (AvgIpc) is 3.20. The third-order valence-corrected chi connectivity index (χ3v) is 10.0. The second-order valence-corrected chi connectivity index (χ2v) is 14.8. The largest absolute Gasteiger partial charge is 0.494 e. The van der Waals surface area contributed by atoms with E-state index in [0.717, 1.165) is 54.2 Å². The van der Waals surface area contributed by atoms with Crippen molar-refractivity contribution in [3.8, 4) is 23.0 Å². The van der Waals surface area contributed by atoms with Crippen molar-refractivity contribution in [1.29, 1.82) is 0 Å². The van der Waals surface area contributed by atoms with Gasteiger partial charge in [0.2, 0.25) is 0 Å². The fraction of sp³-hybridized carbons (Fsp3) is 0.604. The number of methoxy groups -OCH3 is 1. The smallest absolute Gasteiger partial charge is 0.305 e. The molecule has 0 aliphatic carbocycles. The number of hydrogen-bond donors (Lipinski definition) is 0. The van der Waals surface area contributed by atoms with Gasteiger partial charge in [0, 0.05) is 6.42 Å². The Hall–Kier alpha value is -3.67. The summed E-state index contributed by atoms with van der Waals surface area (Å²) in [4.78, 5) is 11.8. The van der Waals surface area contributed by atoms with Gasteiger partial charge in [0.1, 0.15) is 24.7 Å². The molecule has 0 aromatic heterocycles. The van der Waals surface area contributed by atoms with E-state index in [0.29, 0.717) is 37.6 Å². The molecular formula is C48H72O6. The lowest BCUT2D eigenvalue weighted by atomic mass is 10.1. The summed E-state index contributed by atoms with van der Waals surface area (Å²) in [6, 6.07) is 22.2. The number of unbranched alkanes of at least 4 members (excludes halogenated alkanes) is 18. The highest BCUT2D eigenvalue weighted by atomic mass is 16.5. The Morgan fingerprint density at radius 2 is 0.833 bits per heavy atom. The molecule has 3 aromatic rings. The number of aryl methyl sites for hydroxylation is 1. The summed E-state index contributed by atoms with van der Waals surface area (Å²) in [6.07, 6.45) is 27.2. The van der Waals surface area contributed by atoms with E-state index in [4.69, 9.17) is 23.7 Å². The predicted molar refractivity (Wildman–Crippen MR) is 223 cm³/mol. The van der Waals surface area contributed by atoms with Crippen molar-refractivity contribution in [3.63, 3.8) is 0 Å². The van der Waals surface area contributed by atoms with Gasteiger partial charge in [0.25, 0.3) is 0 Å². The first kappa shape index (κ1) is 44.7. The second-order valence-electron chi connectivity index (χ2n) is 14.8. The molecule has 0 atom stereocenters. The first-order chi connectivity index (χ1) is 26.6. The molecule has 0 aliphatic heterocycles. The summed E-state index contributed by atoms with van der Waals surface area (Å²) in [7, 11) is 1.42. The van der Waals surface area contributed by atoms with Gasteiger partial charge >= 0.3 is 5.97 Å². The Kier molecular flexibility index (Phi) is 24.6. The molecule has 54 heavy (non-hydrogen) atoms. The summed E-state index contributed by atoms with van der Waals surface area (Å²) >= 11 is 0. The lowest BCUT2D eigenvalue weighted by Crippen LogP contribution is -2.04. The van der Waals surface area contributed by atoms with E-state index in [1.54, 1.807) is 0 Å². The Morgan fingerprint density at radius 3 is 1.26 bits per heavy atom. The number of hydrogen-bond acceptors (Lipinski definition) is 6. The molecular weight excluding hydrogens is 673 g/mol. The van der Waals surface area contributed by atoms with Crippen molar-refractivity contribution in [3.05, 3.63) is 83.4 Å². The van der Waals surface area contributed by atoms with Crippen LogP contribution in [0.15, 0.2) is 66.7 Å². The number of rotatable bonds is 33. The zero-order valence-electron chi connectivity index (χ0n) is 34.2. The molecule has 0 fully saturated rings.